The van der Waals surface area contributed by atoms with Crippen molar-refractivity contribution < 1.29 is 37.4 Å². The Kier molecular flexibility index (Phi) is 10.4. The lowest BCUT2D eigenvalue weighted by molar-refractivity contribution is -0.145. The molecule has 0 aliphatic carbocycles. The van der Waals surface area contributed by atoms with E-state index in [1.165, 1.54) is 6.92 Å². The number of hydrogen-bond donors (Lipinski definition) is 1. The number of nitrogens with one attached hydrogen (secondary N) is 1. The second-order valence-electron chi connectivity index (χ2n) is 7.65. The molecule has 1 aromatic heterocycles. The summed E-state index contributed by atoms with van der Waals surface area (Å²) in [7, 11) is 0. The first-order valence-electron chi connectivity index (χ1n) is 11.1. The second-order valence-corrected chi connectivity index (χ2v) is 8.61. The Morgan fingerprint density at radius 1 is 1.11 bits per heavy atom. The van der Waals surface area contributed by atoms with Crippen LogP contribution in [0, 0.1) is 6.92 Å². The summed E-state index contributed by atoms with van der Waals surface area (Å²) < 4.78 is 25.2. The summed E-state index contributed by atoms with van der Waals surface area (Å²) in [5.41, 5.74) is 0.371. The highest BCUT2D eigenvalue weighted by molar-refractivity contribution is 8.13. The first kappa shape index (κ1) is 26.5. The van der Waals surface area contributed by atoms with Gasteiger partial charge in [-0.25, -0.2) is 14.4 Å². The van der Waals surface area contributed by atoms with Gasteiger partial charge < -0.3 is 28.4 Å². The van der Waals surface area contributed by atoms with Crippen LogP contribution in [0.2, 0.25) is 0 Å². The molecule has 190 valence electrons. The lowest BCUT2D eigenvalue weighted by atomic mass is 10.2. The number of esters is 1. The Morgan fingerprint density at radius 3 is 2.54 bits per heavy atom. The Morgan fingerprint density at radius 2 is 1.86 bits per heavy atom. The predicted octanol–water partition coefficient (Wildman–Crippen LogP) is 1.98. The molecule has 3 rings (SSSR count). The standard InChI is InChI=1S/C23H28N2O9S/c1-16-19(34-22(28)33-16)14-32-23(29)35-15-18(24-20(26)17-6-3-2-4-7-17)21(27)31-11-5-8-25-9-12-30-13-10-25/h2-4,6-7,18H,5,8-15H2,1H3,(H,24,26)/t18-/m0/s1. The van der Waals surface area contributed by atoms with Gasteiger partial charge in [0.1, 0.15) is 6.04 Å². The molecule has 0 radical (unpaired) electrons. The van der Waals surface area contributed by atoms with E-state index < -0.39 is 29.0 Å². The number of benzene rings is 1. The van der Waals surface area contributed by atoms with Crippen molar-refractivity contribution in [3.8, 4) is 0 Å². The van der Waals surface area contributed by atoms with Crippen molar-refractivity contribution in [3.63, 3.8) is 0 Å². The van der Waals surface area contributed by atoms with Crippen LogP contribution >= 0.6 is 11.8 Å². The number of aryl methyl sites for hydroxylation is 1. The van der Waals surface area contributed by atoms with Gasteiger partial charge in [-0.2, -0.15) is 0 Å². The number of carbonyl (C=O) groups is 3. The molecule has 11 nitrogen and oxygen atoms in total. The topological polar surface area (TPSA) is 138 Å². The number of thioether (sulfide) groups is 1. The fraction of sp³-hybridized carbons (Fsp3) is 0.478. The average molecular weight is 509 g/mol. The third kappa shape index (κ3) is 8.89. The number of amides is 1. The van der Waals surface area contributed by atoms with Crippen molar-refractivity contribution >= 4 is 28.9 Å². The van der Waals surface area contributed by atoms with E-state index in [0.29, 0.717) is 37.0 Å². The zero-order valence-electron chi connectivity index (χ0n) is 19.4. The molecular formula is C23H28N2O9S. The van der Waals surface area contributed by atoms with Gasteiger partial charge in [0.05, 0.1) is 19.8 Å². The third-order valence-corrected chi connectivity index (χ3v) is 5.97. The number of carbonyl (C=O) groups excluding carboxylic acids is 3. The monoisotopic (exact) mass is 508 g/mol. The van der Waals surface area contributed by atoms with E-state index in [-0.39, 0.29) is 30.5 Å². The second kappa shape index (κ2) is 13.7. The molecule has 1 atom stereocenters. The van der Waals surface area contributed by atoms with Gasteiger partial charge in [0.2, 0.25) is 0 Å². The first-order valence-corrected chi connectivity index (χ1v) is 12.1. The summed E-state index contributed by atoms with van der Waals surface area (Å²) >= 11 is 0.695. The molecule has 0 unspecified atom stereocenters. The molecule has 1 aliphatic heterocycles. The zero-order chi connectivity index (χ0) is 25.0. The van der Waals surface area contributed by atoms with Crippen molar-refractivity contribution in [1.29, 1.82) is 0 Å². The highest BCUT2D eigenvalue weighted by Crippen LogP contribution is 2.14. The first-order chi connectivity index (χ1) is 16.9. The van der Waals surface area contributed by atoms with Crippen molar-refractivity contribution in [2.45, 2.75) is 26.0 Å². The number of morpholine rings is 1. The smallest absolute Gasteiger partial charge is 0.464 e. The summed E-state index contributed by atoms with van der Waals surface area (Å²) in [6.07, 6.45) is 0.634. The van der Waals surface area contributed by atoms with E-state index in [1.54, 1.807) is 30.3 Å². The molecule has 1 N–H and O–H groups in total. The van der Waals surface area contributed by atoms with Crippen molar-refractivity contribution in [2.24, 2.45) is 0 Å². The molecule has 0 spiro atoms. The van der Waals surface area contributed by atoms with E-state index >= 15 is 0 Å². The quantitative estimate of drug-likeness (QED) is 0.352. The van der Waals surface area contributed by atoms with E-state index in [0.717, 1.165) is 19.6 Å². The van der Waals surface area contributed by atoms with Crippen LogP contribution in [-0.4, -0.2) is 73.3 Å². The minimum Gasteiger partial charge on any atom is -0.464 e. The van der Waals surface area contributed by atoms with Crippen LogP contribution in [0.5, 0.6) is 0 Å². The van der Waals surface area contributed by atoms with Crippen LogP contribution in [0.3, 0.4) is 0 Å². The molecular weight excluding hydrogens is 480 g/mol. The number of hydrogen-bond acceptors (Lipinski definition) is 11. The Hall–Kier alpha value is -3.09. The van der Waals surface area contributed by atoms with Gasteiger partial charge >= 0.3 is 17.1 Å². The average Bonchev–Trinajstić information content (AvgIpc) is 3.20. The Balaban J connectivity index is 1.50. The molecule has 1 saturated heterocycles. The van der Waals surface area contributed by atoms with Gasteiger partial charge in [-0.15, -0.1) is 0 Å². The number of nitrogens with zero attached hydrogens (tertiary/aromatic N) is 1. The van der Waals surface area contributed by atoms with Crippen LogP contribution < -0.4 is 11.1 Å². The van der Waals surface area contributed by atoms with Crippen molar-refractivity contribution in [2.75, 3.05) is 45.2 Å². The van der Waals surface area contributed by atoms with Gasteiger partial charge in [0, 0.05) is 31.0 Å². The van der Waals surface area contributed by atoms with Crippen molar-refractivity contribution in [3.05, 3.63) is 58.0 Å². The molecule has 1 amide bonds. The normalized spacial score (nSPS) is 14.8. The maximum atomic E-state index is 12.7. The molecule has 2 aromatic rings. The minimum atomic E-state index is -1.07. The van der Waals surface area contributed by atoms with Gasteiger partial charge in [-0.3, -0.25) is 9.69 Å². The molecule has 2 heterocycles. The summed E-state index contributed by atoms with van der Waals surface area (Å²) in [5, 5.41) is 1.91. The fourth-order valence-corrected chi connectivity index (χ4v) is 3.87. The van der Waals surface area contributed by atoms with E-state index in [2.05, 4.69) is 10.2 Å². The summed E-state index contributed by atoms with van der Waals surface area (Å²) in [6.45, 7) is 5.21. The maximum absolute atomic E-state index is 12.7. The van der Waals surface area contributed by atoms with Crippen LogP contribution in [-0.2, 0) is 25.6 Å². The fourth-order valence-electron chi connectivity index (χ4n) is 3.21. The summed E-state index contributed by atoms with van der Waals surface area (Å²) in [5.74, 6) is -1.80. The van der Waals surface area contributed by atoms with Gasteiger partial charge in [0.15, 0.2) is 18.1 Å². The SMILES string of the molecule is Cc1oc(=O)oc1COC(=O)SC[C@H](NC(=O)c1ccccc1)C(=O)OCCCN1CCOCC1. The highest BCUT2D eigenvalue weighted by atomic mass is 32.2. The largest absolute Gasteiger partial charge is 0.519 e. The molecule has 12 heteroatoms. The van der Waals surface area contributed by atoms with Gasteiger partial charge in [-0.1, -0.05) is 18.2 Å². The lowest BCUT2D eigenvalue weighted by Gasteiger charge is -2.26. The molecule has 1 fully saturated rings. The number of rotatable bonds is 11. The van der Waals surface area contributed by atoms with Crippen molar-refractivity contribution in [1.82, 2.24) is 10.2 Å². The van der Waals surface area contributed by atoms with E-state index in [9.17, 15) is 19.2 Å². The van der Waals surface area contributed by atoms with Crippen LogP contribution in [0.25, 0.3) is 0 Å². The van der Waals surface area contributed by atoms with Gasteiger partial charge in [0.25, 0.3) is 5.91 Å². The zero-order valence-corrected chi connectivity index (χ0v) is 20.2. The third-order valence-electron chi connectivity index (χ3n) is 5.12. The minimum absolute atomic E-state index is 0.0950. The Bertz CT molecular complexity index is 1030. The predicted molar refractivity (Wildman–Crippen MR) is 125 cm³/mol. The summed E-state index contributed by atoms with van der Waals surface area (Å²) in [4.78, 5) is 50.7. The lowest BCUT2D eigenvalue weighted by Crippen LogP contribution is -2.44. The summed E-state index contributed by atoms with van der Waals surface area (Å²) in [6, 6.07) is 7.33. The molecule has 0 saturated carbocycles. The Labute approximate surface area is 206 Å². The van der Waals surface area contributed by atoms with E-state index in [4.69, 9.17) is 23.0 Å². The van der Waals surface area contributed by atoms with Crippen LogP contribution in [0.1, 0.15) is 28.3 Å². The maximum Gasteiger partial charge on any atom is 0.519 e. The van der Waals surface area contributed by atoms with Crippen LogP contribution in [0.4, 0.5) is 4.79 Å². The molecule has 1 aliphatic rings. The van der Waals surface area contributed by atoms with Gasteiger partial charge in [-0.05, 0) is 37.2 Å². The molecule has 1 aromatic carbocycles. The van der Waals surface area contributed by atoms with Crippen LogP contribution in [0.15, 0.2) is 44.0 Å². The van der Waals surface area contributed by atoms with E-state index in [1.807, 2.05) is 0 Å². The molecule has 35 heavy (non-hydrogen) atoms. The number of ether oxygens (including phenoxy) is 3. The molecule has 0 bridgehead atoms. The highest BCUT2D eigenvalue weighted by Gasteiger charge is 2.25.